The third-order valence-corrected chi connectivity index (χ3v) is 2.41. The lowest BCUT2D eigenvalue weighted by molar-refractivity contribution is 0.579. The summed E-state index contributed by atoms with van der Waals surface area (Å²) in [5, 5.41) is 0.693. The highest BCUT2D eigenvalue weighted by Crippen LogP contribution is 2.19. The van der Waals surface area contributed by atoms with Crippen LogP contribution < -0.4 is 0 Å². The third kappa shape index (κ3) is 3.14. The minimum absolute atomic E-state index is 0.693. The van der Waals surface area contributed by atoms with Gasteiger partial charge >= 0.3 is 0 Å². The zero-order valence-corrected chi connectivity index (χ0v) is 6.74. The van der Waals surface area contributed by atoms with Gasteiger partial charge in [0.05, 0.1) is 0 Å². The van der Waals surface area contributed by atoms with E-state index in [1.165, 1.54) is 38.5 Å². The molecule has 0 heterocycles. The topological polar surface area (TPSA) is 0 Å². The molecule has 9 heavy (non-hydrogen) atoms. The summed E-state index contributed by atoms with van der Waals surface area (Å²) >= 11 is 4.46. The predicted molar refractivity (Wildman–Crippen MR) is 44.8 cm³/mol. The largest absolute Gasteiger partial charge is 0.176 e. The van der Waals surface area contributed by atoms with Crippen LogP contribution in [-0.4, -0.2) is 5.25 Å². The van der Waals surface area contributed by atoms with Crippen LogP contribution in [0.1, 0.15) is 38.5 Å². The molecule has 0 bridgehead atoms. The maximum atomic E-state index is 4.46. The Labute approximate surface area is 63.4 Å². The molecule has 0 spiro atoms. The second-order valence-electron chi connectivity index (χ2n) is 2.80. The van der Waals surface area contributed by atoms with E-state index in [-0.39, 0.29) is 0 Å². The van der Waals surface area contributed by atoms with Crippen LogP contribution in [0.3, 0.4) is 0 Å². The number of rotatable bonds is 0. The molecule has 1 radical (unpaired) electrons. The van der Waals surface area contributed by atoms with Crippen molar-refractivity contribution in [2.45, 2.75) is 43.8 Å². The minimum atomic E-state index is 0.693. The maximum Gasteiger partial charge on any atom is 0.00168 e. The van der Waals surface area contributed by atoms with Gasteiger partial charge in [0.2, 0.25) is 0 Å². The quantitative estimate of drug-likeness (QED) is 0.495. The average molecular weight is 143 g/mol. The molecule has 0 saturated heterocycles. The fraction of sp³-hybridized carbons (Fsp3) is 0.875. The first-order valence-corrected chi connectivity index (χ1v) is 4.41. The SMILES string of the molecule is SC1CCC[CH]CCC1. The van der Waals surface area contributed by atoms with Crippen LogP contribution in [-0.2, 0) is 0 Å². The molecule has 0 amide bonds. The summed E-state index contributed by atoms with van der Waals surface area (Å²) in [4.78, 5) is 0. The van der Waals surface area contributed by atoms with Crippen molar-refractivity contribution in [2.75, 3.05) is 0 Å². The van der Waals surface area contributed by atoms with Gasteiger partial charge < -0.3 is 0 Å². The van der Waals surface area contributed by atoms with Crippen molar-refractivity contribution in [3.8, 4) is 0 Å². The molecular formula is C8H15S. The highest BCUT2D eigenvalue weighted by molar-refractivity contribution is 7.80. The second kappa shape index (κ2) is 4.21. The van der Waals surface area contributed by atoms with E-state index in [2.05, 4.69) is 19.0 Å². The predicted octanol–water partition coefficient (Wildman–Crippen LogP) is 2.84. The summed E-state index contributed by atoms with van der Waals surface area (Å²) in [6.07, 6.45) is 10.4. The van der Waals surface area contributed by atoms with E-state index in [1.54, 1.807) is 0 Å². The van der Waals surface area contributed by atoms with Crippen LogP contribution in [0.15, 0.2) is 0 Å². The van der Waals surface area contributed by atoms with Gasteiger partial charge in [-0.05, 0) is 19.3 Å². The molecule has 53 valence electrons. The Kier molecular flexibility index (Phi) is 3.49. The minimum Gasteiger partial charge on any atom is -0.176 e. The van der Waals surface area contributed by atoms with Gasteiger partial charge in [0.1, 0.15) is 0 Å². The zero-order valence-electron chi connectivity index (χ0n) is 5.84. The van der Waals surface area contributed by atoms with Crippen LogP contribution in [0.25, 0.3) is 0 Å². The first-order chi connectivity index (χ1) is 4.39. The van der Waals surface area contributed by atoms with Crippen molar-refractivity contribution in [3.05, 3.63) is 6.42 Å². The highest BCUT2D eigenvalue weighted by atomic mass is 32.1. The van der Waals surface area contributed by atoms with Crippen molar-refractivity contribution in [1.82, 2.24) is 0 Å². The molecule has 0 aromatic rings. The zero-order chi connectivity index (χ0) is 6.53. The van der Waals surface area contributed by atoms with Crippen LogP contribution in [0.4, 0.5) is 0 Å². The van der Waals surface area contributed by atoms with Gasteiger partial charge in [0.15, 0.2) is 0 Å². The van der Waals surface area contributed by atoms with Crippen LogP contribution in [0, 0.1) is 6.42 Å². The van der Waals surface area contributed by atoms with Crippen molar-refractivity contribution >= 4 is 12.6 Å². The molecule has 0 aromatic carbocycles. The van der Waals surface area contributed by atoms with Crippen LogP contribution >= 0.6 is 12.6 Å². The molecule has 1 fully saturated rings. The van der Waals surface area contributed by atoms with E-state index in [9.17, 15) is 0 Å². The Morgan fingerprint density at radius 3 is 2.22 bits per heavy atom. The fourth-order valence-electron chi connectivity index (χ4n) is 1.28. The average Bonchev–Trinajstić information content (AvgIpc) is 1.79. The number of thiol groups is 1. The summed E-state index contributed by atoms with van der Waals surface area (Å²) < 4.78 is 0. The van der Waals surface area contributed by atoms with E-state index in [0.717, 1.165) is 0 Å². The van der Waals surface area contributed by atoms with Crippen molar-refractivity contribution in [2.24, 2.45) is 0 Å². The lowest BCUT2D eigenvalue weighted by Crippen LogP contribution is -2.01. The van der Waals surface area contributed by atoms with E-state index >= 15 is 0 Å². The highest BCUT2D eigenvalue weighted by Gasteiger charge is 2.05. The first kappa shape index (κ1) is 7.46. The fourth-order valence-corrected chi connectivity index (χ4v) is 1.65. The summed E-state index contributed by atoms with van der Waals surface area (Å²) in [6.45, 7) is 0. The smallest absolute Gasteiger partial charge is 0.00168 e. The third-order valence-electron chi connectivity index (χ3n) is 1.89. The Morgan fingerprint density at radius 1 is 1.11 bits per heavy atom. The molecule has 0 unspecified atom stereocenters. The van der Waals surface area contributed by atoms with Gasteiger partial charge in [-0.3, -0.25) is 0 Å². The summed E-state index contributed by atoms with van der Waals surface area (Å²) in [6, 6.07) is 0. The molecule has 0 nitrogen and oxygen atoms in total. The molecule has 0 aliphatic heterocycles. The summed E-state index contributed by atoms with van der Waals surface area (Å²) in [5.41, 5.74) is 0. The van der Waals surface area contributed by atoms with Gasteiger partial charge in [-0.1, -0.05) is 25.7 Å². The van der Waals surface area contributed by atoms with Crippen molar-refractivity contribution in [3.63, 3.8) is 0 Å². The van der Waals surface area contributed by atoms with Gasteiger partial charge in [0, 0.05) is 5.25 Å². The summed E-state index contributed by atoms with van der Waals surface area (Å²) in [7, 11) is 0. The molecule has 0 N–H and O–H groups in total. The van der Waals surface area contributed by atoms with E-state index < -0.39 is 0 Å². The second-order valence-corrected chi connectivity index (χ2v) is 3.53. The number of hydrogen-bond donors (Lipinski definition) is 1. The summed E-state index contributed by atoms with van der Waals surface area (Å²) in [5.74, 6) is 0. The molecule has 1 aliphatic rings. The normalized spacial score (nSPS) is 25.0. The van der Waals surface area contributed by atoms with E-state index in [0.29, 0.717) is 5.25 Å². The Bertz CT molecular complexity index is 63.0. The Morgan fingerprint density at radius 2 is 1.67 bits per heavy atom. The monoisotopic (exact) mass is 143 g/mol. The van der Waals surface area contributed by atoms with Crippen LogP contribution in [0.2, 0.25) is 0 Å². The van der Waals surface area contributed by atoms with Crippen molar-refractivity contribution < 1.29 is 0 Å². The van der Waals surface area contributed by atoms with Gasteiger partial charge in [-0.25, -0.2) is 0 Å². The Balaban J connectivity index is 2.12. The van der Waals surface area contributed by atoms with E-state index in [4.69, 9.17) is 0 Å². The number of hydrogen-bond acceptors (Lipinski definition) is 1. The van der Waals surface area contributed by atoms with Crippen molar-refractivity contribution in [1.29, 1.82) is 0 Å². The molecule has 0 aromatic heterocycles. The maximum absolute atomic E-state index is 4.46. The molecule has 0 atom stereocenters. The lowest BCUT2D eigenvalue weighted by Gasteiger charge is -2.13. The Hall–Kier alpha value is 0.350. The molecule has 1 saturated carbocycles. The molecule has 1 aliphatic carbocycles. The van der Waals surface area contributed by atoms with Crippen LogP contribution in [0.5, 0.6) is 0 Å². The van der Waals surface area contributed by atoms with Gasteiger partial charge in [-0.15, -0.1) is 0 Å². The molecule has 1 rings (SSSR count). The molecule has 1 heteroatoms. The first-order valence-electron chi connectivity index (χ1n) is 3.89. The standard InChI is InChI=1S/C8H15S/c9-8-6-4-2-1-3-5-7-8/h1,8-9H,2-7H2. The van der Waals surface area contributed by atoms with Gasteiger partial charge in [-0.2, -0.15) is 12.6 Å². The lowest BCUT2D eigenvalue weighted by atomic mass is 10.0. The van der Waals surface area contributed by atoms with E-state index in [1.807, 2.05) is 0 Å². The van der Waals surface area contributed by atoms with Gasteiger partial charge in [0.25, 0.3) is 0 Å². The molecular weight excluding hydrogens is 128 g/mol.